The molecule has 1 heterocycles. The summed E-state index contributed by atoms with van der Waals surface area (Å²) >= 11 is 0. The number of hydrogen-bond acceptors (Lipinski definition) is 9. The number of nitrogens with zero attached hydrogens (tertiary/aromatic N) is 4. The van der Waals surface area contributed by atoms with E-state index in [0.29, 0.717) is 10.4 Å². The maximum absolute atomic E-state index is 13.8. The summed E-state index contributed by atoms with van der Waals surface area (Å²) in [5, 5.41) is 3.70. The van der Waals surface area contributed by atoms with E-state index in [0.717, 1.165) is 18.2 Å². The molecule has 0 aliphatic carbocycles. The first-order valence-electron chi connectivity index (χ1n) is 10.3. The Balaban J connectivity index is 2.35. The molecule has 0 bridgehead atoms. The van der Waals surface area contributed by atoms with Crippen molar-refractivity contribution in [2.75, 3.05) is 39.2 Å². The summed E-state index contributed by atoms with van der Waals surface area (Å²) in [5.41, 5.74) is -1.49. The lowest BCUT2D eigenvalue weighted by molar-refractivity contribution is -0.137. The quantitative estimate of drug-likeness (QED) is 0.434. The molecule has 0 saturated carbocycles. The molecule has 1 amide bonds. The van der Waals surface area contributed by atoms with E-state index in [1.165, 1.54) is 52.3 Å². The average Bonchev–Trinajstić information content (AvgIpc) is 3.23. The van der Waals surface area contributed by atoms with Gasteiger partial charge in [-0.2, -0.15) is 18.2 Å². The molecule has 2 aromatic carbocycles. The van der Waals surface area contributed by atoms with E-state index in [9.17, 15) is 26.4 Å². The molecule has 0 atom stereocenters. The van der Waals surface area contributed by atoms with Crippen LogP contribution in [0.25, 0.3) is 11.5 Å². The van der Waals surface area contributed by atoms with Crippen LogP contribution >= 0.6 is 0 Å². The molecule has 0 unspecified atom stereocenters. The fraction of sp³-hybridized carbons (Fsp3) is 0.318. The number of benzene rings is 2. The van der Waals surface area contributed by atoms with Crippen LogP contribution in [0.5, 0.6) is 11.5 Å². The number of amides is 1. The van der Waals surface area contributed by atoms with E-state index in [2.05, 4.69) is 10.1 Å². The number of halogens is 3. The van der Waals surface area contributed by atoms with Crippen LogP contribution in [-0.4, -0.2) is 64.2 Å². The van der Waals surface area contributed by atoms with E-state index in [-0.39, 0.29) is 34.5 Å². The summed E-state index contributed by atoms with van der Waals surface area (Å²) in [5.74, 6) is -0.678. The van der Waals surface area contributed by atoms with Gasteiger partial charge in [0.1, 0.15) is 0 Å². The number of sulfonamides is 1. The van der Waals surface area contributed by atoms with Gasteiger partial charge in [-0.25, -0.2) is 12.7 Å². The lowest BCUT2D eigenvalue weighted by atomic mass is 10.1. The second-order valence-corrected chi connectivity index (χ2v) is 9.58. The molecular formula is C22H23F3N4O6S. The molecule has 0 spiro atoms. The van der Waals surface area contributed by atoms with Gasteiger partial charge in [-0.05, 0) is 45.3 Å². The van der Waals surface area contributed by atoms with E-state index >= 15 is 0 Å². The zero-order valence-electron chi connectivity index (χ0n) is 20.0. The number of rotatable bonds is 8. The smallest absolute Gasteiger partial charge is 0.416 e. The molecule has 14 heteroatoms. The van der Waals surface area contributed by atoms with Crippen LogP contribution in [0.15, 0.2) is 45.8 Å². The van der Waals surface area contributed by atoms with E-state index in [4.69, 9.17) is 14.0 Å². The van der Waals surface area contributed by atoms with Crippen molar-refractivity contribution >= 4 is 21.6 Å². The minimum absolute atomic E-state index is 0.0177. The minimum Gasteiger partial charge on any atom is -0.493 e. The number of ether oxygens (including phenoxy) is 2. The molecule has 194 valence electrons. The maximum atomic E-state index is 13.8. The standard InChI is InChI=1S/C22H23F3N4O6S/c1-13-26-21(35-27-13)16-10-18(33-4)19(34-5)11-17(16)29(20(30)12-28(2)3)36(31,32)15-8-6-7-14(9-15)22(23,24)25/h6-11H,12H2,1-5H3. The highest BCUT2D eigenvalue weighted by Gasteiger charge is 2.37. The summed E-state index contributed by atoms with van der Waals surface area (Å²) in [4.78, 5) is 18.1. The molecule has 0 saturated heterocycles. The third kappa shape index (κ3) is 5.44. The van der Waals surface area contributed by atoms with Gasteiger partial charge in [0.2, 0.25) is 0 Å². The van der Waals surface area contributed by atoms with Gasteiger partial charge < -0.3 is 18.9 Å². The van der Waals surface area contributed by atoms with Crippen molar-refractivity contribution in [3.63, 3.8) is 0 Å². The van der Waals surface area contributed by atoms with Crippen LogP contribution in [0.3, 0.4) is 0 Å². The minimum atomic E-state index is -4.88. The Morgan fingerprint density at radius 1 is 1.08 bits per heavy atom. The second-order valence-electron chi connectivity index (χ2n) is 7.80. The lowest BCUT2D eigenvalue weighted by Gasteiger charge is -2.26. The number of carbonyl (C=O) groups excluding carboxylic acids is 1. The summed E-state index contributed by atoms with van der Waals surface area (Å²) < 4.78 is 83.7. The van der Waals surface area contributed by atoms with Gasteiger partial charge in [0, 0.05) is 6.07 Å². The molecule has 3 aromatic rings. The zero-order valence-corrected chi connectivity index (χ0v) is 20.8. The van der Waals surface area contributed by atoms with Crippen LogP contribution < -0.4 is 13.8 Å². The fourth-order valence-corrected chi connectivity index (χ4v) is 4.76. The Kier molecular flexibility index (Phi) is 7.59. The number of alkyl halides is 3. The molecule has 0 N–H and O–H groups in total. The first-order valence-corrected chi connectivity index (χ1v) is 11.7. The summed E-state index contributed by atoms with van der Waals surface area (Å²) in [6.07, 6.45) is -4.81. The number of aryl methyl sites for hydroxylation is 1. The average molecular weight is 529 g/mol. The van der Waals surface area contributed by atoms with Crippen molar-refractivity contribution in [3.8, 4) is 23.0 Å². The first kappa shape index (κ1) is 26.9. The van der Waals surface area contributed by atoms with Crippen molar-refractivity contribution in [3.05, 3.63) is 47.8 Å². The van der Waals surface area contributed by atoms with Crippen LogP contribution in [-0.2, 0) is 21.0 Å². The Morgan fingerprint density at radius 2 is 1.72 bits per heavy atom. The van der Waals surface area contributed by atoms with E-state index < -0.39 is 39.1 Å². The largest absolute Gasteiger partial charge is 0.493 e. The highest BCUT2D eigenvalue weighted by molar-refractivity contribution is 7.93. The van der Waals surface area contributed by atoms with E-state index in [1.807, 2.05) is 0 Å². The van der Waals surface area contributed by atoms with Gasteiger partial charge in [0.05, 0.1) is 42.5 Å². The van der Waals surface area contributed by atoms with Gasteiger partial charge in [-0.15, -0.1) is 0 Å². The van der Waals surface area contributed by atoms with Crippen molar-refractivity contribution in [1.29, 1.82) is 0 Å². The number of carbonyl (C=O) groups is 1. The Hall–Kier alpha value is -3.65. The normalized spacial score (nSPS) is 12.0. The SMILES string of the molecule is COc1cc(-c2nc(C)no2)c(N(C(=O)CN(C)C)S(=O)(=O)c2cccc(C(F)(F)F)c2)cc1OC. The fourth-order valence-electron chi connectivity index (χ4n) is 3.28. The number of methoxy groups -OCH3 is 2. The monoisotopic (exact) mass is 528 g/mol. The van der Waals surface area contributed by atoms with Crippen molar-refractivity contribution in [2.24, 2.45) is 0 Å². The first-order chi connectivity index (χ1) is 16.8. The third-order valence-electron chi connectivity index (χ3n) is 4.86. The van der Waals surface area contributed by atoms with Gasteiger partial charge >= 0.3 is 6.18 Å². The molecule has 10 nitrogen and oxygen atoms in total. The predicted octanol–water partition coefficient (Wildman–Crippen LogP) is 3.36. The summed E-state index contributed by atoms with van der Waals surface area (Å²) in [6.45, 7) is 1.14. The highest BCUT2D eigenvalue weighted by Crippen LogP contribution is 2.42. The Morgan fingerprint density at radius 3 is 2.25 bits per heavy atom. The summed E-state index contributed by atoms with van der Waals surface area (Å²) in [7, 11) is 0.823. The third-order valence-corrected chi connectivity index (χ3v) is 6.59. The molecule has 0 fully saturated rings. The van der Waals surface area contributed by atoms with Gasteiger partial charge in [-0.3, -0.25) is 4.79 Å². The molecular weight excluding hydrogens is 505 g/mol. The van der Waals surface area contributed by atoms with E-state index in [1.54, 1.807) is 0 Å². The Labute approximate surface area is 205 Å². The van der Waals surface area contributed by atoms with Crippen LogP contribution in [0.1, 0.15) is 11.4 Å². The maximum Gasteiger partial charge on any atom is 0.416 e. The van der Waals surface area contributed by atoms with Gasteiger partial charge in [0.15, 0.2) is 17.3 Å². The number of likely N-dealkylation sites (N-methyl/N-ethyl adjacent to an activating group) is 1. The summed E-state index contributed by atoms with van der Waals surface area (Å²) in [6, 6.07) is 5.64. The van der Waals surface area contributed by atoms with Crippen LogP contribution in [0.4, 0.5) is 18.9 Å². The molecule has 36 heavy (non-hydrogen) atoms. The highest BCUT2D eigenvalue weighted by atomic mass is 32.2. The molecule has 0 aliphatic rings. The topological polar surface area (TPSA) is 115 Å². The molecule has 0 aliphatic heterocycles. The van der Waals surface area contributed by atoms with Gasteiger partial charge in [0.25, 0.3) is 21.8 Å². The Bertz CT molecular complexity index is 1370. The number of anilines is 1. The van der Waals surface area contributed by atoms with Gasteiger partial charge in [-0.1, -0.05) is 11.2 Å². The number of hydrogen-bond donors (Lipinski definition) is 0. The molecule has 3 rings (SSSR count). The van der Waals surface area contributed by atoms with Crippen molar-refractivity contribution in [1.82, 2.24) is 15.0 Å². The zero-order chi connectivity index (χ0) is 26.8. The van der Waals surface area contributed by atoms with Crippen LogP contribution in [0.2, 0.25) is 0 Å². The lowest BCUT2D eigenvalue weighted by Crippen LogP contribution is -2.42. The number of aromatic nitrogens is 2. The second kappa shape index (κ2) is 10.1. The predicted molar refractivity (Wildman–Crippen MR) is 122 cm³/mol. The van der Waals surface area contributed by atoms with Crippen molar-refractivity contribution in [2.45, 2.75) is 18.0 Å². The van der Waals surface area contributed by atoms with Crippen molar-refractivity contribution < 1.29 is 40.4 Å². The van der Waals surface area contributed by atoms with Crippen LogP contribution in [0, 0.1) is 6.92 Å². The molecule has 1 aromatic heterocycles. The molecule has 0 radical (unpaired) electrons.